The quantitative estimate of drug-likeness (QED) is 0.623. The van der Waals surface area contributed by atoms with Gasteiger partial charge in [-0.3, -0.25) is 4.79 Å². The fraction of sp³-hybridized carbons (Fsp3) is 0.111. The fourth-order valence-corrected chi connectivity index (χ4v) is 1.07. The summed E-state index contributed by atoms with van der Waals surface area (Å²) in [5.41, 5.74) is -2.00. The molecule has 80 valence electrons. The summed E-state index contributed by atoms with van der Waals surface area (Å²) in [6, 6.07) is 2.58. The number of halogens is 3. The maximum absolute atomic E-state index is 12.9. The van der Waals surface area contributed by atoms with Gasteiger partial charge in [0, 0.05) is 5.56 Å². The summed E-state index contributed by atoms with van der Waals surface area (Å²) < 4.78 is 37.6. The number of carboxylic acid groups (broad SMARTS) is 1. The molecule has 0 aliphatic rings. The van der Waals surface area contributed by atoms with Crippen LogP contribution in [0.5, 0.6) is 0 Å². The van der Waals surface area contributed by atoms with Crippen LogP contribution in [-0.4, -0.2) is 16.9 Å². The first-order chi connectivity index (χ1) is 6.95. The largest absolute Gasteiger partial charge is 0.475 e. The molecular weight excluding hydrogens is 213 g/mol. The van der Waals surface area contributed by atoms with Crippen molar-refractivity contribution in [1.29, 1.82) is 0 Å². The summed E-state index contributed by atoms with van der Waals surface area (Å²) in [5, 5.41) is 8.32. The third kappa shape index (κ3) is 2.15. The molecule has 0 fully saturated rings. The maximum atomic E-state index is 12.9. The summed E-state index contributed by atoms with van der Waals surface area (Å²) in [5.74, 6) is -4.75. The van der Waals surface area contributed by atoms with Crippen LogP contribution in [0.15, 0.2) is 18.2 Å². The molecule has 6 heteroatoms. The molecule has 1 rings (SSSR count). The number of hydrogen-bond acceptors (Lipinski definition) is 2. The fourth-order valence-electron chi connectivity index (χ4n) is 1.07. The first kappa shape index (κ1) is 11.2. The van der Waals surface area contributed by atoms with Crippen molar-refractivity contribution in [2.75, 3.05) is 0 Å². The van der Waals surface area contributed by atoms with Crippen LogP contribution in [0.4, 0.5) is 13.2 Å². The highest BCUT2D eigenvalue weighted by Crippen LogP contribution is 2.26. The van der Waals surface area contributed by atoms with Crippen molar-refractivity contribution >= 4 is 11.8 Å². The van der Waals surface area contributed by atoms with Crippen LogP contribution in [0, 0.1) is 5.82 Å². The smallest absolute Gasteiger partial charge is 0.377 e. The van der Waals surface area contributed by atoms with Crippen LogP contribution < -0.4 is 0 Å². The van der Waals surface area contributed by atoms with E-state index in [0.717, 1.165) is 18.2 Å². The second-order valence-corrected chi connectivity index (χ2v) is 2.64. The number of carbonyl (C=O) groups excluding carboxylic acids is 1. The highest BCUT2D eigenvalue weighted by atomic mass is 19.3. The van der Waals surface area contributed by atoms with Crippen molar-refractivity contribution in [2.24, 2.45) is 0 Å². The number of aliphatic carboxylic acids is 1. The molecule has 1 aromatic carbocycles. The predicted octanol–water partition coefficient (Wildman–Crippen LogP) is 2.03. The summed E-state index contributed by atoms with van der Waals surface area (Å²) in [4.78, 5) is 21.2. The van der Waals surface area contributed by atoms with E-state index in [0.29, 0.717) is 0 Å². The Balaban J connectivity index is 3.35. The van der Waals surface area contributed by atoms with Crippen molar-refractivity contribution in [1.82, 2.24) is 0 Å². The number of alkyl halides is 2. The van der Waals surface area contributed by atoms with E-state index in [2.05, 4.69) is 0 Å². The van der Waals surface area contributed by atoms with E-state index in [-0.39, 0.29) is 0 Å². The van der Waals surface area contributed by atoms with Gasteiger partial charge >= 0.3 is 5.97 Å². The van der Waals surface area contributed by atoms with Crippen molar-refractivity contribution < 1.29 is 27.9 Å². The third-order valence-corrected chi connectivity index (χ3v) is 1.71. The second kappa shape index (κ2) is 4.12. The third-order valence-electron chi connectivity index (χ3n) is 1.71. The van der Waals surface area contributed by atoms with Gasteiger partial charge in [-0.25, -0.2) is 18.0 Å². The molecule has 0 saturated heterocycles. The van der Waals surface area contributed by atoms with E-state index in [1.54, 1.807) is 0 Å². The van der Waals surface area contributed by atoms with Gasteiger partial charge in [0.05, 0.1) is 5.56 Å². The van der Waals surface area contributed by atoms with E-state index in [1.165, 1.54) is 0 Å². The number of hydrogen-bond donors (Lipinski definition) is 1. The molecule has 0 heterocycles. The molecule has 0 aromatic heterocycles. The van der Waals surface area contributed by atoms with Gasteiger partial charge in [-0.05, 0) is 6.07 Å². The lowest BCUT2D eigenvalue weighted by molar-refractivity contribution is -0.131. The van der Waals surface area contributed by atoms with Crippen LogP contribution in [0.3, 0.4) is 0 Å². The second-order valence-electron chi connectivity index (χ2n) is 2.64. The standard InChI is InChI=1S/C9H5F3O3/c10-5-3-1-2-4(6(5)8(11)12)7(13)9(14)15/h1-3,8H,(H,14,15). The van der Waals surface area contributed by atoms with E-state index in [1.807, 2.05) is 0 Å². The average molecular weight is 218 g/mol. The number of carbonyl (C=O) groups is 2. The molecule has 0 aliphatic carbocycles. The Kier molecular flexibility index (Phi) is 3.08. The molecule has 3 nitrogen and oxygen atoms in total. The summed E-state index contributed by atoms with van der Waals surface area (Å²) in [6.07, 6.45) is -3.23. The zero-order chi connectivity index (χ0) is 11.6. The van der Waals surface area contributed by atoms with Gasteiger partial charge in [0.1, 0.15) is 5.82 Å². The minimum Gasteiger partial charge on any atom is -0.475 e. The summed E-state index contributed by atoms with van der Waals surface area (Å²) in [7, 11) is 0. The Morgan fingerprint density at radius 2 is 1.87 bits per heavy atom. The van der Waals surface area contributed by atoms with Crippen LogP contribution in [0.1, 0.15) is 22.3 Å². The molecule has 1 N–H and O–H groups in total. The Morgan fingerprint density at radius 1 is 1.27 bits per heavy atom. The van der Waals surface area contributed by atoms with Crippen LogP contribution in [-0.2, 0) is 4.79 Å². The monoisotopic (exact) mass is 218 g/mol. The topological polar surface area (TPSA) is 54.4 Å². The normalized spacial score (nSPS) is 10.4. The number of ketones is 1. The molecule has 0 atom stereocenters. The van der Waals surface area contributed by atoms with Gasteiger partial charge in [-0.2, -0.15) is 0 Å². The lowest BCUT2D eigenvalue weighted by Gasteiger charge is -2.06. The Bertz CT molecular complexity index is 415. The molecule has 0 radical (unpaired) electrons. The van der Waals surface area contributed by atoms with Crippen molar-refractivity contribution in [2.45, 2.75) is 6.43 Å². The predicted molar refractivity (Wildman–Crippen MR) is 43.3 cm³/mol. The number of carboxylic acids is 1. The number of benzene rings is 1. The molecule has 1 aromatic rings. The number of rotatable bonds is 3. The van der Waals surface area contributed by atoms with Crippen molar-refractivity contribution in [3.8, 4) is 0 Å². The first-order valence-corrected chi connectivity index (χ1v) is 3.79. The van der Waals surface area contributed by atoms with Gasteiger partial charge < -0.3 is 5.11 Å². The Hall–Kier alpha value is -1.85. The minimum atomic E-state index is -3.23. The molecule has 0 unspecified atom stereocenters. The van der Waals surface area contributed by atoms with Crippen LogP contribution >= 0.6 is 0 Å². The number of Topliss-reactive ketones (excluding diaryl/α,β-unsaturated/α-hetero) is 1. The van der Waals surface area contributed by atoms with E-state index in [4.69, 9.17) is 5.11 Å². The Labute approximate surface area is 82.1 Å². The van der Waals surface area contributed by atoms with Gasteiger partial charge in [-0.1, -0.05) is 12.1 Å². The van der Waals surface area contributed by atoms with Crippen LogP contribution in [0.25, 0.3) is 0 Å². The zero-order valence-corrected chi connectivity index (χ0v) is 7.21. The van der Waals surface area contributed by atoms with Gasteiger partial charge in [0.15, 0.2) is 0 Å². The lowest BCUT2D eigenvalue weighted by atomic mass is 10.0. The average Bonchev–Trinajstić information content (AvgIpc) is 2.15. The van der Waals surface area contributed by atoms with Gasteiger partial charge in [0.25, 0.3) is 12.2 Å². The highest BCUT2D eigenvalue weighted by Gasteiger charge is 2.25. The summed E-state index contributed by atoms with van der Waals surface area (Å²) in [6.45, 7) is 0. The van der Waals surface area contributed by atoms with Crippen LogP contribution in [0.2, 0.25) is 0 Å². The van der Waals surface area contributed by atoms with E-state index >= 15 is 0 Å². The summed E-state index contributed by atoms with van der Waals surface area (Å²) >= 11 is 0. The molecular formula is C9H5F3O3. The minimum absolute atomic E-state index is 0.736. The molecule has 15 heavy (non-hydrogen) atoms. The van der Waals surface area contributed by atoms with Crippen molar-refractivity contribution in [3.05, 3.63) is 35.1 Å². The highest BCUT2D eigenvalue weighted by molar-refractivity contribution is 6.40. The van der Waals surface area contributed by atoms with Gasteiger partial charge in [-0.15, -0.1) is 0 Å². The van der Waals surface area contributed by atoms with E-state index < -0.39 is 35.1 Å². The molecule has 0 amide bonds. The van der Waals surface area contributed by atoms with Gasteiger partial charge in [0.2, 0.25) is 0 Å². The molecule has 0 aliphatic heterocycles. The SMILES string of the molecule is O=C(O)C(=O)c1cccc(F)c1C(F)F. The van der Waals surface area contributed by atoms with E-state index in [9.17, 15) is 22.8 Å². The molecule has 0 bridgehead atoms. The molecule has 0 saturated carbocycles. The zero-order valence-electron chi connectivity index (χ0n) is 7.21. The first-order valence-electron chi connectivity index (χ1n) is 3.79. The lowest BCUT2D eigenvalue weighted by Crippen LogP contribution is -2.16. The van der Waals surface area contributed by atoms with Crippen molar-refractivity contribution in [3.63, 3.8) is 0 Å². The maximum Gasteiger partial charge on any atom is 0.377 e. The molecule has 0 spiro atoms. The Morgan fingerprint density at radius 3 is 2.33 bits per heavy atom.